The van der Waals surface area contributed by atoms with E-state index in [1.54, 1.807) is 6.92 Å². The van der Waals surface area contributed by atoms with Crippen molar-refractivity contribution in [2.24, 2.45) is 0 Å². The molecular weight excluding hydrogens is 376 g/mol. The maximum atomic E-state index is 12.4. The lowest BCUT2D eigenvalue weighted by Crippen LogP contribution is -2.29. The number of aromatic nitrogens is 1. The Morgan fingerprint density at radius 2 is 1.57 bits per heavy atom. The Morgan fingerprint density at radius 3 is 2.30 bits per heavy atom. The Hall–Kier alpha value is -3.08. The number of para-hydroxylation sites is 1. The van der Waals surface area contributed by atoms with Crippen LogP contribution >= 0.6 is 0 Å². The number of fused-ring (bicyclic) bond motifs is 1. The minimum Gasteiger partial charge on any atom is -0.481 e. The zero-order chi connectivity index (χ0) is 21.3. The number of carbonyl (C=O) groups excluding carboxylic acids is 1. The van der Waals surface area contributed by atoms with Gasteiger partial charge in [-0.2, -0.15) is 0 Å². The van der Waals surface area contributed by atoms with Crippen LogP contribution in [0.3, 0.4) is 0 Å². The third kappa shape index (κ3) is 5.72. The number of hydrogen-bond acceptors (Lipinski definition) is 2. The highest BCUT2D eigenvalue weighted by molar-refractivity contribution is 6.02. The molecule has 0 aliphatic rings. The third-order valence-corrected chi connectivity index (χ3v) is 5.41. The summed E-state index contributed by atoms with van der Waals surface area (Å²) in [7, 11) is 0. The molecule has 1 heterocycles. The minimum absolute atomic E-state index is 0.0449. The summed E-state index contributed by atoms with van der Waals surface area (Å²) in [5.41, 5.74) is 3.30. The number of rotatable bonds is 11. The number of hydrogen-bond donors (Lipinski definition) is 1. The van der Waals surface area contributed by atoms with Crippen molar-refractivity contribution < 1.29 is 14.7 Å². The van der Waals surface area contributed by atoms with Gasteiger partial charge in [-0.05, 0) is 24.5 Å². The summed E-state index contributed by atoms with van der Waals surface area (Å²) in [5, 5.41) is 9.80. The summed E-state index contributed by atoms with van der Waals surface area (Å²) in [5.74, 6) is -0.687. The molecule has 2 aromatic carbocycles. The van der Waals surface area contributed by atoms with Crippen molar-refractivity contribution >= 4 is 28.5 Å². The Morgan fingerprint density at radius 1 is 0.900 bits per heavy atom. The lowest BCUT2D eigenvalue weighted by Gasteiger charge is -2.20. The average molecular weight is 407 g/mol. The first-order valence-corrected chi connectivity index (χ1v) is 10.7. The van der Waals surface area contributed by atoms with Crippen molar-refractivity contribution in [2.45, 2.75) is 52.0 Å². The van der Waals surface area contributed by atoms with E-state index >= 15 is 0 Å². The molecule has 0 spiro atoms. The van der Waals surface area contributed by atoms with E-state index in [0.29, 0.717) is 6.54 Å². The standard InChI is InChI=1S/C25H30N2O3/c1-20(28)27(17-11-4-2-3-8-16-25(29)30)24-19-26(18-21-12-6-5-7-13-21)23-15-10-9-14-22(23)24/h5-7,9-10,12-15,19H,2-4,8,11,16-18H2,1H3,(H,29,30). The molecule has 1 amide bonds. The van der Waals surface area contributed by atoms with E-state index in [0.717, 1.165) is 55.2 Å². The molecule has 158 valence electrons. The van der Waals surface area contributed by atoms with Crippen LogP contribution in [0.1, 0.15) is 51.0 Å². The fourth-order valence-corrected chi connectivity index (χ4v) is 3.88. The Balaban J connectivity index is 1.70. The Labute approximate surface area is 177 Å². The van der Waals surface area contributed by atoms with Gasteiger partial charge in [-0.3, -0.25) is 9.59 Å². The first kappa shape index (κ1) is 21.6. The molecule has 3 rings (SSSR count). The van der Waals surface area contributed by atoms with E-state index in [4.69, 9.17) is 5.11 Å². The predicted molar refractivity (Wildman–Crippen MR) is 121 cm³/mol. The lowest BCUT2D eigenvalue weighted by molar-refractivity contribution is -0.137. The molecule has 5 heteroatoms. The summed E-state index contributed by atoms with van der Waals surface area (Å²) >= 11 is 0. The number of benzene rings is 2. The van der Waals surface area contributed by atoms with Crippen LogP contribution in [0, 0.1) is 0 Å². The van der Waals surface area contributed by atoms with Gasteiger partial charge in [0.15, 0.2) is 0 Å². The number of anilines is 1. The summed E-state index contributed by atoms with van der Waals surface area (Å²) in [6, 6.07) is 18.5. The molecule has 30 heavy (non-hydrogen) atoms. The van der Waals surface area contributed by atoms with Gasteiger partial charge >= 0.3 is 5.97 Å². The molecule has 0 aliphatic heterocycles. The molecule has 0 atom stereocenters. The minimum atomic E-state index is -0.732. The number of aliphatic carboxylic acids is 1. The maximum Gasteiger partial charge on any atom is 0.303 e. The van der Waals surface area contributed by atoms with Gasteiger partial charge in [-0.25, -0.2) is 0 Å². The second-order valence-electron chi connectivity index (χ2n) is 7.73. The fourth-order valence-electron chi connectivity index (χ4n) is 3.88. The largest absolute Gasteiger partial charge is 0.481 e. The Kier molecular flexibility index (Phi) is 7.66. The average Bonchev–Trinajstić information content (AvgIpc) is 3.08. The monoisotopic (exact) mass is 406 g/mol. The van der Waals surface area contributed by atoms with Crippen LogP contribution in [0.2, 0.25) is 0 Å². The van der Waals surface area contributed by atoms with Crippen LogP contribution in [0.4, 0.5) is 5.69 Å². The highest BCUT2D eigenvalue weighted by atomic mass is 16.4. The second-order valence-corrected chi connectivity index (χ2v) is 7.73. The van der Waals surface area contributed by atoms with Gasteiger partial charge in [0.05, 0.1) is 11.2 Å². The van der Waals surface area contributed by atoms with Gasteiger partial charge in [0.25, 0.3) is 0 Å². The predicted octanol–water partition coefficient (Wildman–Crippen LogP) is 5.47. The number of carboxylic acid groups (broad SMARTS) is 1. The molecular formula is C25H30N2O3. The fraction of sp³-hybridized carbons (Fsp3) is 0.360. The number of carbonyl (C=O) groups is 2. The normalized spacial score (nSPS) is 11.0. The zero-order valence-corrected chi connectivity index (χ0v) is 17.6. The van der Waals surface area contributed by atoms with Crippen LogP contribution in [0.15, 0.2) is 60.8 Å². The number of carboxylic acids is 1. The maximum absolute atomic E-state index is 12.4. The van der Waals surface area contributed by atoms with Crippen molar-refractivity contribution in [2.75, 3.05) is 11.4 Å². The van der Waals surface area contributed by atoms with Crippen LogP contribution in [-0.2, 0) is 16.1 Å². The summed E-state index contributed by atoms with van der Waals surface area (Å²) in [6.45, 7) is 3.06. The molecule has 1 N–H and O–H groups in total. The summed E-state index contributed by atoms with van der Waals surface area (Å²) < 4.78 is 2.21. The first-order chi connectivity index (χ1) is 14.6. The highest BCUT2D eigenvalue weighted by Gasteiger charge is 2.17. The third-order valence-electron chi connectivity index (χ3n) is 5.41. The number of amides is 1. The van der Waals surface area contributed by atoms with Crippen molar-refractivity contribution in [1.29, 1.82) is 0 Å². The van der Waals surface area contributed by atoms with E-state index in [9.17, 15) is 9.59 Å². The zero-order valence-electron chi connectivity index (χ0n) is 17.6. The van der Waals surface area contributed by atoms with E-state index in [1.807, 2.05) is 35.2 Å². The summed E-state index contributed by atoms with van der Waals surface area (Å²) in [4.78, 5) is 24.9. The van der Waals surface area contributed by atoms with Crippen molar-refractivity contribution in [1.82, 2.24) is 4.57 Å². The molecule has 3 aromatic rings. The summed E-state index contributed by atoms with van der Waals surface area (Å²) in [6.07, 6.45) is 6.86. The van der Waals surface area contributed by atoms with Gasteiger partial charge in [0.1, 0.15) is 0 Å². The van der Waals surface area contributed by atoms with Gasteiger partial charge in [0.2, 0.25) is 5.91 Å². The van der Waals surface area contributed by atoms with E-state index < -0.39 is 5.97 Å². The van der Waals surface area contributed by atoms with Crippen LogP contribution in [-0.4, -0.2) is 28.1 Å². The molecule has 0 fully saturated rings. The molecule has 1 aromatic heterocycles. The number of nitrogens with zero attached hydrogens (tertiary/aromatic N) is 2. The van der Waals surface area contributed by atoms with Gasteiger partial charge in [-0.15, -0.1) is 0 Å². The van der Waals surface area contributed by atoms with E-state index in [-0.39, 0.29) is 12.3 Å². The molecule has 0 bridgehead atoms. The molecule has 5 nitrogen and oxygen atoms in total. The van der Waals surface area contributed by atoms with Crippen LogP contribution in [0.25, 0.3) is 10.9 Å². The molecule has 0 aliphatic carbocycles. The van der Waals surface area contributed by atoms with Crippen LogP contribution < -0.4 is 4.90 Å². The lowest BCUT2D eigenvalue weighted by atomic mass is 10.1. The van der Waals surface area contributed by atoms with Crippen molar-refractivity contribution in [3.05, 3.63) is 66.4 Å². The molecule has 0 saturated carbocycles. The first-order valence-electron chi connectivity index (χ1n) is 10.7. The quantitative estimate of drug-likeness (QED) is 0.430. The second kappa shape index (κ2) is 10.6. The Bertz CT molecular complexity index is 978. The number of unbranched alkanes of at least 4 members (excludes halogenated alkanes) is 4. The smallest absolute Gasteiger partial charge is 0.303 e. The molecule has 0 unspecified atom stereocenters. The van der Waals surface area contributed by atoms with Gasteiger partial charge in [0, 0.05) is 38.0 Å². The molecule has 0 radical (unpaired) electrons. The van der Waals surface area contributed by atoms with Crippen molar-refractivity contribution in [3.8, 4) is 0 Å². The topological polar surface area (TPSA) is 62.5 Å². The van der Waals surface area contributed by atoms with Crippen LogP contribution in [0.5, 0.6) is 0 Å². The van der Waals surface area contributed by atoms with Gasteiger partial charge < -0.3 is 14.6 Å². The van der Waals surface area contributed by atoms with Crippen molar-refractivity contribution in [3.63, 3.8) is 0 Å². The van der Waals surface area contributed by atoms with E-state index in [2.05, 4.69) is 35.0 Å². The molecule has 0 saturated heterocycles. The van der Waals surface area contributed by atoms with Gasteiger partial charge in [-0.1, -0.05) is 67.8 Å². The highest BCUT2D eigenvalue weighted by Crippen LogP contribution is 2.30. The van der Waals surface area contributed by atoms with E-state index in [1.165, 1.54) is 5.56 Å². The SMILES string of the molecule is CC(=O)N(CCCCCCCC(=O)O)c1cn(Cc2ccccc2)c2ccccc12.